The minimum absolute atomic E-state index is 0.287. The molecule has 1 aliphatic heterocycles. The summed E-state index contributed by atoms with van der Waals surface area (Å²) in [7, 11) is 0. The number of allylic oxidation sites excluding steroid dienone is 1. The maximum Gasteiger partial charge on any atom is 0.343 e. The van der Waals surface area contributed by atoms with E-state index >= 15 is 0 Å². The summed E-state index contributed by atoms with van der Waals surface area (Å²) in [6.07, 6.45) is 1.82. The number of ether oxygens (including phenoxy) is 1. The van der Waals surface area contributed by atoms with E-state index in [2.05, 4.69) is 0 Å². The maximum atomic E-state index is 12.0. The summed E-state index contributed by atoms with van der Waals surface area (Å²) >= 11 is 0. The first kappa shape index (κ1) is 12.4. The van der Waals surface area contributed by atoms with Gasteiger partial charge in [0, 0.05) is 5.56 Å². The lowest BCUT2D eigenvalue weighted by Gasteiger charge is -2.02. The quantitative estimate of drug-likeness (QED) is 0.602. The Morgan fingerprint density at radius 1 is 0.900 bits per heavy atom. The van der Waals surface area contributed by atoms with Crippen LogP contribution < -0.4 is 0 Å². The van der Waals surface area contributed by atoms with Crippen LogP contribution in [0.25, 0.3) is 11.3 Å². The standard InChI is InChI=1S/C18H14O2/c1-13(14-8-4-2-5-9-14)16-12-17(20-18(16)19)15-10-6-3-7-11-15/h2-12H,1H3/b16-13-. The largest absolute Gasteiger partial charge is 0.422 e. The van der Waals surface area contributed by atoms with Crippen molar-refractivity contribution in [3.63, 3.8) is 0 Å². The number of carbonyl (C=O) groups excluding carboxylic acids is 1. The number of hydrogen-bond acceptors (Lipinski definition) is 2. The summed E-state index contributed by atoms with van der Waals surface area (Å²) in [5.41, 5.74) is 3.50. The van der Waals surface area contributed by atoms with E-state index in [0.717, 1.165) is 16.7 Å². The lowest BCUT2D eigenvalue weighted by molar-refractivity contribution is -0.130. The van der Waals surface area contributed by atoms with Crippen LogP contribution in [-0.2, 0) is 9.53 Å². The van der Waals surface area contributed by atoms with Gasteiger partial charge in [0.2, 0.25) is 0 Å². The Labute approximate surface area is 118 Å². The molecular weight excluding hydrogens is 248 g/mol. The third-order valence-electron chi connectivity index (χ3n) is 3.37. The van der Waals surface area contributed by atoms with E-state index in [0.29, 0.717) is 11.3 Å². The highest BCUT2D eigenvalue weighted by Crippen LogP contribution is 2.30. The van der Waals surface area contributed by atoms with Gasteiger partial charge in [-0.3, -0.25) is 0 Å². The molecule has 0 unspecified atom stereocenters. The van der Waals surface area contributed by atoms with Crippen LogP contribution in [0.1, 0.15) is 18.1 Å². The molecule has 3 rings (SSSR count). The molecule has 0 radical (unpaired) electrons. The zero-order valence-electron chi connectivity index (χ0n) is 11.2. The van der Waals surface area contributed by atoms with Crippen molar-refractivity contribution in [2.75, 3.05) is 0 Å². The molecule has 0 aliphatic carbocycles. The van der Waals surface area contributed by atoms with E-state index in [4.69, 9.17) is 4.74 Å². The van der Waals surface area contributed by atoms with Crippen LogP contribution in [0.4, 0.5) is 0 Å². The second kappa shape index (κ2) is 5.17. The molecule has 1 heterocycles. The summed E-state index contributed by atoms with van der Waals surface area (Å²) < 4.78 is 5.37. The lowest BCUT2D eigenvalue weighted by Crippen LogP contribution is -1.99. The Balaban J connectivity index is 2.03. The van der Waals surface area contributed by atoms with Crippen LogP contribution in [0, 0.1) is 0 Å². The monoisotopic (exact) mass is 262 g/mol. The number of carbonyl (C=O) groups is 1. The first-order valence-corrected chi connectivity index (χ1v) is 6.51. The molecule has 0 N–H and O–H groups in total. The predicted octanol–water partition coefficient (Wildman–Crippen LogP) is 4.06. The van der Waals surface area contributed by atoms with Crippen molar-refractivity contribution in [1.29, 1.82) is 0 Å². The molecule has 0 atom stereocenters. The highest BCUT2D eigenvalue weighted by Gasteiger charge is 2.24. The van der Waals surface area contributed by atoms with Gasteiger partial charge in [0.05, 0.1) is 5.57 Å². The fourth-order valence-corrected chi connectivity index (χ4v) is 2.22. The predicted molar refractivity (Wildman–Crippen MR) is 79.5 cm³/mol. The molecule has 0 saturated carbocycles. The highest BCUT2D eigenvalue weighted by molar-refractivity contribution is 6.07. The first-order valence-electron chi connectivity index (χ1n) is 6.51. The van der Waals surface area contributed by atoms with Gasteiger partial charge in [-0.05, 0) is 24.1 Å². The average Bonchev–Trinajstić information content (AvgIpc) is 2.90. The van der Waals surface area contributed by atoms with Gasteiger partial charge in [-0.15, -0.1) is 0 Å². The molecule has 2 aromatic carbocycles. The number of cyclic esters (lactones) is 1. The van der Waals surface area contributed by atoms with Crippen LogP contribution in [0.3, 0.4) is 0 Å². The molecule has 0 fully saturated rings. The van der Waals surface area contributed by atoms with Gasteiger partial charge in [-0.25, -0.2) is 4.79 Å². The Hall–Kier alpha value is -2.61. The molecule has 20 heavy (non-hydrogen) atoms. The SMILES string of the molecule is C/C(=C1\C=C(c2ccccc2)OC1=O)c1ccccc1. The highest BCUT2D eigenvalue weighted by atomic mass is 16.5. The smallest absolute Gasteiger partial charge is 0.343 e. The van der Waals surface area contributed by atoms with Crippen molar-refractivity contribution in [2.24, 2.45) is 0 Å². The van der Waals surface area contributed by atoms with Gasteiger partial charge >= 0.3 is 5.97 Å². The minimum atomic E-state index is -0.287. The van der Waals surface area contributed by atoms with Gasteiger partial charge < -0.3 is 4.74 Å². The maximum absolute atomic E-state index is 12.0. The number of esters is 1. The van der Waals surface area contributed by atoms with Gasteiger partial charge in [0.15, 0.2) is 0 Å². The van der Waals surface area contributed by atoms with Crippen LogP contribution >= 0.6 is 0 Å². The van der Waals surface area contributed by atoms with Crippen molar-refractivity contribution in [3.8, 4) is 0 Å². The molecule has 2 nitrogen and oxygen atoms in total. The zero-order chi connectivity index (χ0) is 13.9. The normalized spacial score (nSPS) is 16.6. The molecule has 98 valence electrons. The first-order chi connectivity index (χ1) is 9.75. The van der Waals surface area contributed by atoms with Gasteiger partial charge in [-0.2, -0.15) is 0 Å². The number of benzene rings is 2. The van der Waals surface area contributed by atoms with Crippen LogP contribution in [0.15, 0.2) is 72.3 Å². The summed E-state index contributed by atoms with van der Waals surface area (Å²) in [6, 6.07) is 19.5. The Bertz CT molecular complexity index is 695. The molecule has 0 amide bonds. The molecule has 0 spiro atoms. The second-order valence-electron chi connectivity index (χ2n) is 4.67. The third kappa shape index (κ3) is 2.28. The van der Waals surface area contributed by atoms with E-state index in [9.17, 15) is 4.79 Å². The molecular formula is C18H14O2. The topological polar surface area (TPSA) is 26.3 Å². The Morgan fingerprint density at radius 2 is 1.50 bits per heavy atom. The molecule has 2 aromatic rings. The van der Waals surface area contributed by atoms with E-state index in [-0.39, 0.29) is 5.97 Å². The summed E-state index contributed by atoms with van der Waals surface area (Å²) in [6.45, 7) is 1.94. The van der Waals surface area contributed by atoms with Gasteiger partial charge in [-0.1, -0.05) is 60.7 Å². The summed E-state index contributed by atoms with van der Waals surface area (Å²) in [4.78, 5) is 12.0. The average molecular weight is 262 g/mol. The second-order valence-corrected chi connectivity index (χ2v) is 4.67. The Morgan fingerprint density at radius 3 is 2.15 bits per heavy atom. The fourth-order valence-electron chi connectivity index (χ4n) is 2.22. The van der Waals surface area contributed by atoms with Crippen molar-refractivity contribution in [2.45, 2.75) is 6.92 Å². The summed E-state index contributed by atoms with van der Waals surface area (Å²) in [5.74, 6) is 0.325. The lowest BCUT2D eigenvalue weighted by atomic mass is 10.0. The van der Waals surface area contributed by atoms with E-state index in [1.807, 2.05) is 73.7 Å². The van der Waals surface area contributed by atoms with Gasteiger partial charge in [0.1, 0.15) is 5.76 Å². The van der Waals surface area contributed by atoms with Crippen molar-refractivity contribution < 1.29 is 9.53 Å². The van der Waals surface area contributed by atoms with Crippen LogP contribution in [-0.4, -0.2) is 5.97 Å². The van der Waals surface area contributed by atoms with Crippen molar-refractivity contribution >= 4 is 17.3 Å². The zero-order valence-corrected chi connectivity index (χ0v) is 11.2. The third-order valence-corrected chi connectivity index (χ3v) is 3.37. The summed E-state index contributed by atoms with van der Waals surface area (Å²) in [5, 5.41) is 0. The van der Waals surface area contributed by atoms with E-state index in [1.54, 1.807) is 0 Å². The van der Waals surface area contributed by atoms with Crippen LogP contribution in [0.5, 0.6) is 0 Å². The fraction of sp³-hybridized carbons (Fsp3) is 0.0556. The van der Waals surface area contributed by atoms with Crippen molar-refractivity contribution in [1.82, 2.24) is 0 Å². The Kier molecular flexibility index (Phi) is 3.21. The van der Waals surface area contributed by atoms with Crippen LogP contribution in [0.2, 0.25) is 0 Å². The molecule has 1 aliphatic rings. The van der Waals surface area contributed by atoms with Gasteiger partial charge in [0.25, 0.3) is 0 Å². The molecule has 0 aromatic heterocycles. The number of hydrogen-bond donors (Lipinski definition) is 0. The molecule has 2 heteroatoms. The van der Waals surface area contributed by atoms with E-state index < -0.39 is 0 Å². The molecule has 0 bridgehead atoms. The molecule has 0 saturated heterocycles. The number of rotatable bonds is 2. The van der Waals surface area contributed by atoms with Crippen molar-refractivity contribution in [3.05, 3.63) is 83.4 Å². The van der Waals surface area contributed by atoms with E-state index in [1.165, 1.54) is 0 Å². The minimum Gasteiger partial charge on any atom is -0.422 e.